The molecule has 0 spiro atoms. The van der Waals surface area contributed by atoms with Gasteiger partial charge in [-0.1, -0.05) is 0 Å². The number of amides is 2. The van der Waals surface area contributed by atoms with E-state index in [-0.39, 0.29) is 49.0 Å². The molecule has 148 valence electrons. The Morgan fingerprint density at radius 2 is 2.00 bits per heavy atom. The third kappa shape index (κ3) is 4.75. The van der Waals surface area contributed by atoms with Gasteiger partial charge in [0, 0.05) is 42.3 Å². The largest absolute Gasteiger partial charge is 0.487 e. The maximum atomic E-state index is 14.1. The maximum absolute atomic E-state index is 14.1. The summed E-state index contributed by atoms with van der Waals surface area (Å²) >= 11 is 1.30. The molecule has 6 nitrogen and oxygen atoms in total. The van der Waals surface area contributed by atoms with Gasteiger partial charge in [0.2, 0.25) is 11.8 Å². The van der Waals surface area contributed by atoms with Crippen molar-refractivity contribution in [2.45, 2.75) is 32.8 Å². The Labute approximate surface area is 166 Å². The molecule has 1 aromatic heterocycles. The van der Waals surface area contributed by atoms with Crippen molar-refractivity contribution < 1.29 is 23.5 Å². The minimum Gasteiger partial charge on any atom is -0.487 e. The van der Waals surface area contributed by atoms with Crippen LogP contribution in [0.1, 0.15) is 35.5 Å². The molecule has 2 N–H and O–H groups in total. The average Bonchev–Trinajstić information content (AvgIpc) is 3.25. The third-order valence-corrected chi connectivity index (χ3v) is 5.55. The molecule has 8 heteroatoms. The highest BCUT2D eigenvalue weighted by Gasteiger charge is 2.28. The summed E-state index contributed by atoms with van der Waals surface area (Å²) in [6.45, 7) is 3.45. The van der Waals surface area contributed by atoms with Crippen LogP contribution in [0.25, 0.3) is 10.4 Å². The van der Waals surface area contributed by atoms with Gasteiger partial charge >= 0.3 is 0 Å². The van der Waals surface area contributed by atoms with E-state index in [1.54, 1.807) is 12.1 Å². The van der Waals surface area contributed by atoms with Crippen molar-refractivity contribution in [1.29, 1.82) is 0 Å². The minimum atomic E-state index is -0.366. The summed E-state index contributed by atoms with van der Waals surface area (Å²) in [5, 5.41) is 5.34. The molecule has 0 fully saturated rings. The van der Waals surface area contributed by atoms with Crippen LogP contribution in [0.2, 0.25) is 0 Å². The number of halogens is 1. The number of nitrogens with one attached hydrogen (secondary N) is 2. The minimum absolute atomic E-state index is 0.0370. The molecule has 0 aliphatic carbocycles. The van der Waals surface area contributed by atoms with E-state index < -0.39 is 0 Å². The summed E-state index contributed by atoms with van der Waals surface area (Å²) in [6.07, 6.45) is 0.367. The van der Waals surface area contributed by atoms with Gasteiger partial charge in [-0.2, -0.15) is 0 Å². The van der Waals surface area contributed by atoms with E-state index in [2.05, 4.69) is 10.6 Å². The lowest BCUT2D eigenvalue weighted by Gasteiger charge is -2.13. The highest BCUT2D eigenvalue weighted by atomic mass is 32.1. The number of rotatable bonds is 7. The van der Waals surface area contributed by atoms with Crippen molar-refractivity contribution >= 4 is 28.9 Å². The SMILES string of the molecule is CC(=O)NCCC(=O)NC[C@H]1Cc2cc(F)cc(-c3ccc(C(C)=O)s3)c2O1. The van der Waals surface area contributed by atoms with Crippen LogP contribution in [0, 0.1) is 5.82 Å². The number of hydrogen-bond acceptors (Lipinski definition) is 5. The summed E-state index contributed by atoms with van der Waals surface area (Å²) in [5.74, 6) is -0.182. The number of hydrogen-bond donors (Lipinski definition) is 2. The van der Waals surface area contributed by atoms with E-state index in [0.717, 1.165) is 10.4 Å². The van der Waals surface area contributed by atoms with Gasteiger partial charge in [0.15, 0.2) is 5.78 Å². The van der Waals surface area contributed by atoms with Gasteiger partial charge in [-0.15, -0.1) is 11.3 Å². The van der Waals surface area contributed by atoms with Crippen LogP contribution in [0.4, 0.5) is 4.39 Å². The number of benzene rings is 1. The van der Waals surface area contributed by atoms with Gasteiger partial charge in [0.25, 0.3) is 0 Å². The monoisotopic (exact) mass is 404 g/mol. The summed E-state index contributed by atoms with van der Waals surface area (Å²) in [4.78, 5) is 35.6. The Hall–Kier alpha value is -2.74. The predicted molar refractivity (Wildman–Crippen MR) is 104 cm³/mol. The summed E-state index contributed by atoms with van der Waals surface area (Å²) in [7, 11) is 0. The number of Topliss-reactive ketones (excluding diaryl/α,β-unsaturated/α-hetero) is 1. The van der Waals surface area contributed by atoms with Gasteiger partial charge in [-0.3, -0.25) is 14.4 Å². The topological polar surface area (TPSA) is 84.5 Å². The quantitative estimate of drug-likeness (QED) is 0.695. The number of fused-ring (bicyclic) bond motifs is 1. The zero-order valence-electron chi connectivity index (χ0n) is 15.6. The highest BCUT2D eigenvalue weighted by Crippen LogP contribution is 2.42. The van der Waals surface area contributed by atoms with E-state index in [4.69, 9.17) is 4.74 Å². The van der Waals surface area contributed by atoms with Crippen LogP contribution in [0.5, 0.6) is 5.75 Å². The molecular weight excluding hydrogens is 383 g/mol. The van der Waals surface area contributed by atoms with Gasteiger partial charge in [-0.25, -0.2) is 4.39 Å². The average molecular weight is 404 g/mol. The van der Waals surface area contributed by atoms with Gasteiger partial charge in [-0.05, 0) is 31.2 Å². The van der Waals surface area contributed by atoms with Crippen LogP contribution in [0.15, 0.2) is 24.3 Å². The van der Waals surface area contributed by atoms with Crippen LogP contribution in [0.3, 0.4) is 0 Å². The second-order valence-corrected chi connectivity index (χ2v) is 7.73. The molecule has 0 saturated heterocycles. The number of thiophene rings is 1. The Bertz CT molecular complexity index is 925. The molecule has 2 aromatic rings. The molecule has 28 heavy (non-hydrogen) atoms. The van der Waals surface area contributed by atoms with E-state index in [9.17, 15) is 18.8 Å². The first kappa shape index (κ1) is 20.0. The Balaban J connectivity index is 1.66. The lowest BCUT2D eigenvalue weighted by molar-refractivity contribution is -0.121. The molecule has 1 aliphatic rings. The van der Waals surface area contributed by atoms with Crippen molar-refractivity contribution in [3.63, 3.8) is 0 Å². The Morgan fingerprint density at radius 3 is 2.68 bits per heavy atom. The predicted octanol–water partition coefficient (Wildman–Crippen LogP) is 2.70. The molecule has 0 bridgehead atoms. The first-order valence-electron chi connectivity index (χ1n) is 8.95. The number of ether oxygens (including phenoxy) is 1. The molecule has 0 saturated carbocycles. The smallest absolute Gasteiger partial charge is 0.221 e. The lowest BCUT2D eigenvalue weighted by atomic mass is 10.0. The van der Waals surface area contributed by atoms with E-state index >= 15 is 0 Å². The summed E-state index contributed by atoms with van der Waals surface area (Å²) in [6, 6.07) is 6.36. The Morgan fingerprint density at radius 1 is 1.21 bits per heavy atom. The van der Waals surface area contributed by atoms with Crippen molar-refractivity contribution in [3.8, 4) is 16.2 Å². The van der Waals surface area contributed by atoms with Crippen LogP contribution in [-0.2, 0) is 16.0 Å². The molecule has 3 rings (SSSR count). The van der Waals surface area contributed by atoms with Crippen molar-refractivity contribution in [2.75, 3.05) is 13.1 Å². The van der Waals surface area contributed by atoms with Gasteiger partial charge in [0.05, 0.1) is 11.4 Å². The third-order valence-electron chi connectivity index (χ3n) is 4.33. The first-order valence-corrected chi connectivity index (χ1v) is 9.76. The second kappa shape index (κ2) is 8.52. The molecule has 2 heterocycles. The lowest BCUT2D eigenvalue weighted by Crippen LogP contribution is -2.36. The standard InChI is InChI=1S/C20H21FN2O4S/c1-11(24)17-3-4-18(28-17)16-9-14(21)7-13-8-15(27-20(13)16)10-23-19(26)5-6-22-12(2)25/h3-4,7,9,15H,5-6,8,10H2,1-2H3,(H,22,25)(H,23,26)/t15-/m1/s1. The number of carbonyl (C=O) groups excluding carboxylic acids is 3. The second-order valence-electron chi connectivity index (χ2n) is 6.64. The van der Waals surface area contributed by atoms with Crippen molar-refractivity contribution in [2.24, 2.45) is 0 Å². The molecule has 1 atom stereocenters. The summed E-state index contributed by atoms with van der Waals surface area (Å²) in [5.41, 5.74) is 1.36. The number of ketones is 1. The van der Waals surface area contributed by atoms with E-state index in [1.165, 1.54) is 37.3 Å². The van der Waals surface area contributed by atoms with Crippen molar-refractivity contribution in [3.05, 3.63) is 40.5 Å². The summed E-state index contributed by atoms with van der Waals surface area (Å²) < 4.78 is 20.1. The molecule has 0 radical (unpaired) electrons. The number of carbonyl (C=O) groups is 3. The van der Waals surface area contributed by atoms with Gasteiger partial charge < -0.3 is 15.4 Å². The molecule has 0 unspecified atom stereocenters. The fourth-order valence-corrected chi connectivity index (χ4v) is 3.95. The van der Waals surface area contributed by atoms with Crippen molar-refractivity contribution in [1.82, 2.24) is 10.6 Å². The van der Waals surface area contributed by atoms with E-state index in [0.29, 0.717) is 22.6 Å². The first-order chi connectivity index (χ1) is 13.3. The maximum Gasteiger partial charge on any atom is 0.221 e. The van der Waals surface area contributed by atoms with Crippen LogP contribution in [-0.4, -0.2) is 36.8 Å². The zero-order chi connectivity index (χ0) is 20.3. The van der Waals surface area contributed by atoms with E-state index in [1.807, 2.05) is 0 Å². The normalized spacial score (nSPS) is 14.9. The van der Waals surface area contributed by atoms with Gasteiger partial charge in [0.1, 0.15) is 17.7 Å². The fraction of sp³-hybridized carbons (Fsp3) is 0.350. The fourth-order valence-electron chi connectivity index (χ4n) is 3.03. The zero-order valence-corrected chi connectivity index (χ0v) is 16.5. The molecule has 2 amide bonds. The molecule has 1 aromatic carbocycles. The highest BCUT2D eigenvalue weighted by molar-refractivity contribution is 7.17. The molecular formula is C20H21FN2O4S. The molecule has 1 aliphatic heterocycles. The van der Waals surface area contributed by atoms with Crippen LogP contribution >= 0.6 is 11.3 Å². The Kier molecular flexibility index (Phi) is 6.08. The van der Waals surface area contributed by atoms with Crippen LogP contribution < -0.4 is 15.4 Å².